The van der Waals surface area contributed by atoms with Gasteiger partial charge in [0.15, 0.2) is 0 Å². The molecular formula is C20H22N2O4. The number of urea groups is 1. The van der Waals surface area contributed by atoms with E-state index in [4.69, 9.17) is 13.9 Å². The molecule has 136 valence electrons. The van der Waals surface area contributed by atoms with Gasteiger partial charge in [-0.1, -0.05) is 24.3 Å². The van der Waals surface area contributed by atoms with Gasteiger partial charge in [-0.15, -0.1) is 0 Å². The number of benzene rings is 2. The van der Waals surface area contributed by atoms with Gasteiger partial charge in [0.25, 0.3) is 0 Å². The second-order valence-electron chi connectivity index (χ2n) is 5.82. The van der Waals surface area contributed by atoms with Crippen LogP contribution < -0.4 is 15.4 Å². The van der Waals surface area contributed by atoms with Crippen molar-refractivity contribution in [2.24, 2.45) is 0 Å². The van der Waals surface area contributed by atoms with E-state index in [1.54, 1.807) is 13.4 Å². The first-order valence-electron chi connectivity index (χ1n) is 8.43. The number of furan rings is 1. The average Bonchev–Trinajstić information content (AvgIpc) is 3.13. The van der Waals surface area contributed by atoms with Crippen molar-refractivity contribution in [3.8, 4) is 5.75 Å². The number of hydrogen-bond acceptors (Lipinski definition) is 4. The smallest absolute Gasteiger partial charge is 0.315 e. The first-order chi connectivity index (χ1) is 12.7. The van der Waals surface area contributed by atoms with Crippen molar-refractivity contribution < 1.29 is 18.7 Å². The van der Waals surface area contributed by atoms with Gasteiger partial charge in [-0.3, -0.25) is 0 Å². The van der Waals surface area contributed by atoms with E-state index in [-0.39, 0.29) is 6.03 Å². The van der Waals surface area contributed by atoms with Gasteiger partial charge in [0, 0.05) is 25.6 Å². The average molecular weight is 354 g/mol. The number of methoxy groups -OCH3 is 1. The predicted octanol–water partition coefficient (Wildman–Crippen LogP) is 3.46. The number of fused-ring (bicyclic) bond motifs is 1. The third-order valence-electron chi connectivity index (χ3n) is 3.88. The Labute approximate surface area is 152 Å². The molecule has 0 spiro atoms. The highest BCUT2D eigenvalue weighted by Crippen LogP contribution is 2.17. The summed E-state index contributed by atoms with van der Waals surface area (Å²) >= 11 is 0. The van der Waals surface area contributed by atoms with Gasteiger partial charge < -0.3 is 24.5 Å². The van der Waals surface area contributed by atoms with Gasteiger partial charge in [-0.2, -0.15) is 0 Å². The van der Waals surface area contributed by atoms with Crippen LogP contribution in [0.15, 0.2) is 59.2 Å². The number of carbonyl (C=O) groups is 1. The van der Waals surface area contributed by atoms with Crippen LogP contribution in [-0.4, -0.2) is 26.4 Å². The lowest BCUT2D eigenvalue weighted by Crippen LogP contribution is -2.34. The summed E-state index contributed by atoms with van der Waals surface area (Å²) in [5.74, 6) is 0.758. The zero-order valence-electron chi connectivity index (χ0n) is 14.7. The summed E-state index contributed by atoms with van der Waals surface area (Å²) in [6, 6.07) is 15.2. The summed E-state index contributed by atoms with van der Waals surface area (Å²) in [6.07, 6.45) is 1.65. The van der Waals surface area contributed by atoms with Crippen LogP contribution in [0.4, 0.5) is 4.79 Å². The van der Waals surface area contributed by atoms with Crippen LogP contribution in [0.25, 0.3) is 11.0 Å². The third kappa shape index (κ3) is 5.00. The maximum Gasteiger partial charge on any atom is 0.315 e. The lowest BCUT2D eigenvalue weighted by atomic mass is 10.2. The van der Waals surface area contributed by atoms with E-state index in [0.29, 0.717) is 26.3 Å². The Morgan fingerprint density at radius 3 is 2.62 bits per heavy atom. The first kappa shape index (κ1) is 17.8. The molecule has 3 aromatic rings. The van der Waals surface area contributed by atoms with E-state index in [2.05, 4.69) is 10.6 Å². The van der Waals surface area contributed by atoms with Gasteiger partial charge >= 0.3 is 6.03 Å². The van der Waals surface area contributed by atoms with Crippen molar-refractivity contribution in [3.05, 3.63) is 65.9 Å². The van der Waals surface area contributed by atoms with Gasteiger partial charge in [0.05, 0.1) is 12.9 Å². The number of ether oxygens (including phenoxy) is 2. The normalized spacial score (nSPS) is 10.7. The monoisotopic (exact) mass is 354 g/mol. The number of hydrogen-bond donors (Lipinski definition) is 2. The SMILES string of the molecule is COCCOc1cccc(CNC(=O)NCc2ccc3ccoc3c2)c1. The van der Waals surface area contributed by atoms with Crippen LogP contribution in [0.1, 0.15) is 11.1 Å². The topological polar surface area (TPSA) is 72.7 Å². The number of rotatable bonds is 8. The summed E-state index contributed by atoms with van der Waals surface area (Å²) in [6.45, 7) is 1.88. The lowest BCUT2D eigenvalue weighted by molar-refractivity contribution is 0.146. The quantitative estimate of drug-likeness (QED) is 0.608. The molecule has 0 aliphatic rings. The molecule has 6 heteroatoms. The summed E-state index contributed by atoms with van der Waals surface area (Å²) in [5.41, 5.74) is 2.76. The molecule has 0 aliphatic heterocycles. The fraction of sp³-hybridized carbons (Fsp3) is 0.250. The molecule has 0 saturated heterocycles. The van der Waals surface area contributed by atoms with Crippen molar-refractivity contribution in [1.82, 2.24) is 10.6 Å². The summed E-state index contributed by atoms with van der Waals surface area (Å²) in [4.78, 5) is 12.0. The number of nitrogens with one attached hydrogen (secondary N) is 2. The van der Waals surface area contributed by atoms with Crippen molar-refractivity contribution in [2.45, 2.75) is 13.1 Å². The predicted molar refractivity (Wildman–Crippen MR) is 99.1 cm³/mol. The molecule has 2 amide bonds. The van der Waals surface area contributed by atoms with E-state index in [9.17, 15) is 4.79 Å². The molecule has 0 aliphatic carbocycles. The zero-order chi connectivity index (χ0) is 18.2. The fourth-order valence-electron chi connectivity index (χ4n) is 2.52. The first-order valence-corrected chi connectivity index (χ1v) is 8.43. The van der Waals surface area contributed by atoms with Crippen molar-refractivity contribution in [3.63, 3.8) is 0 Å². The minimum Gasteiger partial charge on any atom is -0.491 e. The molecule has 0 unspecified atom stereocenters. The molecule has 0 saturated carbocycles. The molecule has 26 heavy (non-hydrogen) atoms. The molecule has 2 aromatic carbocycles. The van der Waals surface area contributed by atoms with Crippen molar-refractivity contribution in [2.75, 3.05) is 20.3 Å². The maximum absolute atomic E-state index is 12.0. The Kier molecular flexibility index (Phi) is 6.11. The minimum absolute atomic E-state index is 0.227. The molecular weight excluding hydrogens is 332 g/mol. The highest BCUT2D eigenvalue weighted by molar-refractivity contribution is 5.78. The Hall–Kier alpha value is -2.99. The summed E-state index contributed by atoms with van der Waals surface area (Å²) in [7, 11) is 1.63. The fourth-order valence-corrected chi connectivity index (χ4v) is 2.52. The van der Waals surface area contributed by atoms with Crippen LogP contribution >= 0.6 is 0 Å². The molecule has 2 N–H and O–H groups in total. The van der Waals surface area contributed by atoms with E-state index in [1.165, 1.54) is 0 Å². The van der Waals surface area contributed by atoms with Gasteiger partial charge in [-0.25, -0.2) is 4.79 Å². The van der Waals surface area contributed by atoms with Gasteiger partial charge in [0.1, 0.15) is 17.9 Å². The molecule has 3 rings (SSSR count). The Morgan fingerprint density at radius 1 is 1.00 bits per heavy atom. The maximum atomic E-state index is 12.0. The van der Waals surface area contributed by atoms with Crippen LogP contribution in [-0.2, 0) is 17.8 Å². The summed E-state index contributed by atoms with van der Waals surface area (Å²) in [5, 5.41) is 6.73. The minimum atomic E-state index is -0.227. The summed E-state index contributed by atoms with van der Waals surface area (Å²) < 4.78 is 15.9. The molecule has 6 nitrogen and oxygen atoms in total. The van der Waals surface area contributed by atoms with E-state index < -0.39 is 0 Å². The van der Waals surface area contributed by atoms with Crippen LogP contribution in [0.3, 0.4) is 0 Å². The van der Waals surface area contributed by atoms with Crippen LogP contribution in [0.5, 0.6) is 5.75 Å². The number of amides is 2. The van der Waals surface area contributed by atoms with Crippen molar-refractivity contribution >= 4 is 17.0 Å². The zero-order valence-corrected chi connectivity index (χ0v) is 14.7. The largest absolute Gasteiger partial charge is 0.491 e. The molecule has 0 fully saturated rings. The van der Waals surface area contributed by atoms with Gasteiger partial charge in [-0.05, 0) is 35.4 Å². The molecule has 1 heterocycles. The second-order valence-corrected chi connectivity index (χ2v) is 5.82. The molecule has 0 atom stereocenters. The Balaban J connectivity index is 1.45. The Morgan fingerprint density at radius 2 is 1.81 bits per heavy atom. The van der Waals surface area contributed by atoms with Crippen LogP contribution in [0, 0.1) is 0 Å². The van der Waals surface area contributed by atoms with Crippen molar-refractivity contribution in [1.29, 1.82) is 0 Å². The number of carbonyl (C=O) groups excluding carboxylic acids is 1. The molecule has 1 aromatic heterocycles. The standard InChI is InChI=1S/C20H22N2O4/c1-24-9-10-25-18-4-2-3-15(11-18)13-21-20(23)22-14-16-5-6-17-7-8-26-19(17)12-16/h2-8,11-12H,9-10,13-14H2,1H3,(H2,21,22,23). The highest BCUT2D eigenvalue weighted by atomic mass is 16.5. The lowest BCUT2D eigenvalue weighted by Gasteiger charge is -2.10. The van der Waals surface area contributed by atoms with E-state index in [1.807, 2.05) is 48.5 Å². The molecule has 0 radical (unpaired) electrons. The van der Waals surface area contributed by atoms with E-state index >= 15 is 0 Å². The van der Waals surface area contributed by atoms with E-state index in [0.717, 1.165) is 27.8 Å². The second kappa shape index (κ2) is 8.92. The Bertz CT molecular complexity index is 860. The van der Waals surface area contributed by atoms with Crippen LogP contribution in [0.2, 0.25) is 0 Å². The van der Waals surface area contributed by atoms with Gasteiger partial charge in [0.2, 0.25) is 0 Å². The third-order valence-corrected chi connectivity index (χ3v) is 3.88. The molecule has 0 bridgehead atoms. The highest BCUT2D eigenvalue weighted by Gasteiger charge is 2.04.